The van der Waals surface area contributed by atoms with Crippen LogP contribution < -0.4 is 0 Å². The molecule has 0 aromatic heterocycles. The van der Waals surface area contributed by atoms with Crippen molar-refractivity contribution in [3.8, 4) is 0 Å². The fourth-order valence-electron chi connectivity index (χ4n) is 10.9. The first-order valence-corrected chi connectivity index (χ1v) is 26.6. The van der Waals surface area contributed by atoms with E-state index in [2.05, 4.69) is 20.8 Å². The van der Waals surface area contributed by atoms with Gasteiger partial charge in [-0.05, 0) is 35.5 Å². The lowest BCUT2D eigenvalue weighted by Gasteiger charge is -2.29. The Morgan fingerprint density at radius 1 is 0.286 bits per heavy atom. The average molecular weight is 697 g/mol. The van der Waals surface area contributed by atoms with Crippen molar-refractivity contribution in [3.63, 3.8) is 0 Å². The molecule has 0 heterocycles. The molecule has 49 heavy (non-hydrogen) atoms. The van der Waals surface area contributed by atoms with Crippen LogP contribution in [0, 0.1) is 35.5 Å². The van der Waals surface area contributed by atoms with Crippen molar-refractivity contribution in [1.82, 2.24) is 0 Å². The summed E-state index contributed by atoms with van der Waals surface area (Å²) in [6, 6.07) is 0. The lowest BCUT2D eigenvalue weighted by atomic mass is 9.82. The summed E-state index contributed by atoms with van der Waals surface area (Å²) in [6.45, 7) is 8.13. The van der Waals surface area contributed by atoms with Gasteiger partial charge in [-0.1, -0.05) is 268 Å². The van der Waals surface area contributed by atoms with Gasteiger partial charge < -0.3 is 0 Å². The molecule has 0 spiro atoms. The maximum atomic E-state index is 2.71. The second kappa shape index (κ2) is 29.9. The topological polar surface area (TPSA) is 0 Å². The standard InChI is InChI=1S/3C16H31.Al/c3*1-3-15(2)16-13-11-9-7-5-4-6-8-10-12-14-16;/h3*15-16H,1,3-14H2,2H3;. The van der Waals surface area contributed by atoms with E-state index in [1.807, 2.05) is 0 Å². The zero-order chi connectivity index (χ0) is 34.6. The third kappa shape index (κ3) is 21.7. The van der Waals surface area contributed by atoms with Gasteiger partial charge in [0.05, 0.1) is 0 Å². The van der Waals surface area contributed by atoms with E-state index < -0.39 is 14.1 Å². The van der Waals surface area contributed by atoms with Gasteiger partial charge in [-0.3, -0.25) is 0 Å². The van der Waals surface area contributed by atoms with Gasteiger partial charge in [-0.15, -0.1) is 0 Å². The molecule has 1 heteroatoms. The largest absolute Gasteiger partial charge is 0.261 e. The van der Waals surface area contributed by atoms with Crippen molar-refractivity contribution in [2.45, 2.75) is 268 Å². The van der Waals surface area contributed by atoms with Crippen LogP contribution in [-0.4, -0.2) is 14.1 Å². The smallest absolute Gasteiger partial charge is 0.0936 e. The lowest BCUT2D eigenvalue weighted by molar-refractivity contribution is 0.279. The normalized spacial score (nSPS) is 24.8. The minimum atomic E-state index is -0.713. The minimum absolute atomic E-state index is 0.713. The van der Waals surface area contributed by atoms with Crippen LogP contribution in [0.5, 0.6) is 0 Å². The van der Waals surface area contributed by atoms with Crippen molar-refractivity contribution in [1.29, 1.82) is 0 Å². The van der Waals surface area contributed by atoms with Crippen LogP contribution in [0.25, 0.3) is 0 Å². The summed E-state index contributed by atoms with van der Waals surface area (Å²) in [7, 11) is 0. The Morgan fingerprint density at radius 3 is 0.633 bits per heavy atom. The van der Waals surface area contributed by atoms with E-state index in [9.17, 15) is 0 Å². The lowest BCUT2D eigenvalue weighted by Crippen LogP contribution is -2.22. The molecule has 0 saturated heterocycles. The van der Waals surface area contributed by atoms with Gasteiger partial charge in [-0.2, -0.15) is 0 Å². The van der Waals surface area contributed by atoms with Crippen LogP contribution in [0.4, 0.5) is 0 Å². The summed E-state index contributed by atoms with van der Waals surface area (Å²) < 4.78 is 0. The molecule has 0 aliphatic heterocycles. The van der Waals surface area contributed by atoms with Crippen LogP contribution in [0.1, 0.15) is 252 Å². The van der Waals surface area contributed by atoms with E-state index in [0.717, 1.165) is 35.5 Å². The van der Waals surface area contributed by atoms with Crippen molar-refractivity contribution in [2.75, 3.05) is 0 Å². The summed E-state index contributed by atoms with van der Waals surface area (Å²) in [6.07, 6.45) is 54.8. The van der Waals surface area contributed by atoms with Crippen molar-refractivity contribution in [2.24, 2.45) is 35.5 Å². The van der Waals surface area contributed by atoms with Crippen LogP contribution in [0.2, 0.25) is 15.8 Å². The summed E-state index contributed by atoms with van der Waals surface area (Å²) in [4.78, 5) is 0. The van der Waals surface area contributed by atoms with Crippen molar-refractivity contribution >= 4 is 14.1 Å². The Balaban J connectivity index is 1.57. The fraction of sp³-hybridized carbons (Fsp3) is 1.00. The molecule has 3 saturated carbocycles. The van der Waals surface area contributed by atoms with Gasteiger partial charge in [-0.25, -0.2) is 0 Å². The summed E-state index contributed by atoms with van der Waals surface area (Å²) in [5.41, 5.74) is 0. The van der Waals surface area contributed by atoms with Crippen LogP contribution in [0.3, 0.4) is 0 Å². The summed E-state index contributed by atoms with van der Waals surface area (Å²) >= 11 is -0.713. The highest BCUT2D eigenvalue weighted by atomic mass is 27.2. The van der Waals surface area contributed by atoms with Gasteiger partial charge in [0.1, 0.15) is 0 Å². The highest BCUT2D eigenvalue weighted by Crippen LogP contribution is 2.36. The Labute approximate surface area is 316 Å². The molecule has 3 aliphatic carbocycles. The van der Waals surface area contributed by atoms with E-state index >= 15 is 0 Å². The molecule has 0 aromatic rings. The maximum absolute atomic E-state index is 2.71. The van der Waals surface area contributed by atoms with Gasteiger partial charge >= 0.3 is 0 Å². The van der Waals surface area contributed by atoms with Gasteiger partial charge in [0.25, 0.3) is 14.1 Å². The van der Waals surface area contributed by atoms with E-state index in [-0.39, 0.29) is 0 Å². The molecule has 3 fully saturated rings. The molecule has 0 nitrogen and oxygen atoms in total. The fourth-order valence-corrected chi connectivity index (χ4v) is 14.8. The number of rotatable bonds is 12. The molecule has 0 bridgehead atoms. The van der Waals surface area contributed by atoms with Gasteiger partial charge in [0, 0.05) is 0 Å². The quantitative estimate of drug-likeness (QED) is 0.178. The molecule has 3 rings (SSSR count). The monoisotopic (exact) mass is 697 g/mol. The van der Waals surface area contributed by atoms with Crippen molar-refractivity contribution < 1.29 is 0 Å². The Hall–Kier alpha value is 0.532. The van der Waals surface area contributed by atoms with Crippen LogP contribution in [0.15, 0.2) is 0 Å². The van der Waals surface area contributed by atoms with Gasteiger partial charge in [0.15, 0.2) is 0 Å². The zero-order valence-corrected chi connectivity index (χ0v) is 35.8. The Bertz CT molecular complexity index is 585. The molecule has 0 N–H and O–H groups in total. The predicted molar refractivity (Wildman–Crippen MR) is 224 cm³/mol. The highest BCUT2D eigenvalue weighted by molar-refractivity contribution is 6.58. The molecule has 0 aromatic carbocycles. The average Bonchev–Trinajstić information content (AvgIpc) is 3.08. The maximum Gasteiger partial charge on any atom is 0.261 e. The molecule has 3 atom stereocenters. The minimum Gasteiger partial charge on any atom is -0.0936 e. The summed E-state index contributed by atoms with van der Waals surface area (Å²) in [5.74, 6) is 6.01. The third-order valence-corrected chi connectivity index (χ3v) is 18.4. The second-order valence-corrected chi connectivity index (χ2v) is 22.6. The van der Waals surface area contributed by atoms with Crippen molar-refractivity contribution in [3.05, 3.63) is 0 Å². The summed E-state index contributed by atoms with van der Waals surface area (Å²) in [5, 5.41) is 5.02. The molecule has 3 aliphatic rings. The van der Waals surface area contributed by atoms with E-state index in [0.29, 0.717) is 0 Å². The van der Waals surface area contributed by atoms with E-state index in [1.165, 1.54) is 173 Å². The van der Waals surface area contributed by atoms with Gasteiger partial charge in [0.2, 0.25) is 0 Å². The molecule has 288 valence electrons. The molecule has 0 radical (unpaired) electrons. The predicted octanol–water partition coefficient (Wildman–Crippen LogP) is 17.3. The SMILES string of the molecule is CC(C[CH2][Al]([CH2]CC(C)C1CCCCCCCCCCC1)[CH2]CC(C)C1CCCCCCCCCCC1)C1CCCCCCCCCCC1. The number of hydrogen-bond donors (Lipinski definition) is 0. The first kappa shape index (κ1) is 43.9. The van der Waals surface area contributed by atoms with E-state index in [1.54, 1.807) is 73.6 Å². The third-order valence-electron chi connectivity index (χ3n) is 15.0. The Morgan fingerprint density at radius 2 is 0.449 bits per heavy atom. The first-order valence-electron chi connectivity index (χ1n) is 24.1. The molecule has 0 amide bonds. The van der Waals surface area contributed by atoms with Crippen LogP contribution in [-0.2, 0) is 0 Å². The first-order chi connectivity index (χ1) is 24.1. The molecule has 3 unspecified atom stereocenters. The Kier molecular flexibility index (Phi) is 26.8. The van der Waals surface area contributed by atoms with E-state index in [4.69, 9.17) is 0 Å². The number of hydrogen-bond acceptors (Lipinski definition) is 0. The highest BCUT2D eigenvalue weighted by Gasteiger charge is 2.26. The zero-order valence-electron chi connectivity index (χ0n) is 34.6. The second-order valence-electron chi connectivity index (χ2n) is 19.1. The molecular weight excluding hydrogens is 604 g/mol. The molecular formula is C48H93Al. The van der Waals surface area contributed by atoms with Crippen LogP contribution >= 0.6 is 0 Å².